The molecule has 1 aromatic rings. The molecule has 0 spiro atoms. The molecule has 0 N–H and O–H groups in total. The summed E-state index contributed by atoms with van der Waals surface area (Å²) in [7, 11) is 0. The maximum absolute atomic E-state index is 11.6. The lowest BCUT2D eigenvalue weighted by molar-refractivity contribution is -0.125. The van der Waals surface area contributed by atoms with Crippen LogP contribution >= 0.6 is 15.9 Å². The van der Waals surface area contributed by atoms with Crippen LogP contribution < -0.4 is 0 Å². The molecule has 0 atom stereocenters. The van der Waals surface area contributed by atoms with Crippen LogP contribution in [0.5, 0.6) is 0 Å². The molecular formula is C12H13BrO. The maximum Gasteiger partial charge on any atom is 0.140 e. The molecule has 1 fully saturated rings. The Bertz CT molecular complexity index is 366. The highest BCUT2D eigenvalue weighted by Gasteiger charge is 2.42. The molecule has 1 saturated carbocycles. The van der Waals surface area contributed by atoms with Gasteiger partial charge in [0.05, 0.1) is 5.41 Å². The third-order valence-electron chi connectivity index (χ3n) is 3.26. The minimum absolute atomic E-state index is 0.163. The Morgan fingerprint density at radius 3 is 2.57 bits per heavy atom. The van der Waals surface area contributed by atoms with E-state index in [1.807, 2.05) is 12.1 Å². The second kappa shape index (κ2) is 3.50. The predicted molar refractivity (Wildman–Crippen MR) is 60.4 cm³/mol. The van der Waals surface area contributed by atoms with Crippen LogP contribution in [0, 0.1) is 0 Å². The van der Waals surface area contributed by atoms with Gasteiger partial charge in [0.25, 0.3) is 0 Å². The van der Waals surface area contributed by atoms with Gasteiger partial charge < -0.3 is 0 Å². The summed E-state index contributed by atoms with van der Waals surface area (Å²) >= 11 is 3.45. The van der Waals surface area contributed by atoms with E-state index in [4.69, 9.17) is 0 Å². The lowest BCUT2D eigenvalue weighted by Gasteiger charge is -2.40. The normalized spacial score (nSPS) is 18.7. The van der Waals surface area contributed by atoms with E-state index in [0.717, 1.165) is 17.3 Å². The lowest BCUT2D eigenvalue weighted by atomic mass is 9.62. The van der Waals surface area contributed by atoms with Crippen LogP contribution in [-0.4, -0.2) is 5.78 Å². The number of carbonyl (C=O) groups is 1. The van der Waals surface area contributed by atoms with Gasteiger partial charge in [0.1, 0.15) is 5.78 Å². The first-order valence-electron chi connectivity index (χ1n) is 4.92. The average molecular weight is 253 g/mol. The first kappa shape index (κ1) is 9.91. The average Bonchev–Trinajstić information content (AvgIpc) is 2.00. The van der Waals surface area contributed by atoms with Crippen molar-refractivity contribution in [2.45, 2.75) is 31.6 Å². The van der Waals surface area contributed by atoms with E-state index in [1.165, 1.54) is 12.0 Å². The number of benzene rings is 1. The van der Waals surface area contributed by atoms with E-state index in [9.17, 15) is 4.79 Å². The molecule has 2 heteroatoms. The molecule has 1 nitrogen and oxygen atoms in total. The van der Waals surface area contributed by atoms with Crippen molar-refractivity contribution in [1.82, 2.24) is 0 Å². The molecule has 1 aliphatic rings. The van der Waals surface area contributed by atoms with Gasteiger partial charge in [0.2, 0.25) is 0 Å². The largest absolute Gasteiger partial charge is 0.299 e. The number of carbonyl (C=O) groups excluding carboxylic acids is 1. The van der Waals surface area contributed by atoms with Crippen LogP contribution in [0.4, 0.5) is 0 Å². The fourth-order valence-electron chi connectivity index (χ4n) is 2.16. The third kappa shape index (κ3) is 1.42. The van der Waals surface area contributed by atoms with Crippen molar-refractivity contribution in [2.24, 2.45) is 0 Å². The molecule has 0 aromatic heterocycles. The maximum atomic E-state index is 11.6. The zero-order valence-electron chi connectivity index (χ0n) is 8.22. The zero-order chi connectivity index (χ0) is 10.2. The number of halogens is 1. The van der Waals surface area contributed by atoms with E-state index in [0.29, 0.717) is 5.78 Å². The van der Waals surface area contributed by atoms with Gasteiger partial charge in [0, 0.05) is 4.47 Å². The van der Waals surface area contributed by atoms with E-state index in [1.54, 1.807) is 6.92 Å². The van der Waals surface area contributed by atoms with Gasteiger partial charge >= 0.3 is 0 Å². The number of ketones is 1. The summed E-state index contributed by atoms with van der Waals surface area (Å²) in [6.07, 6.45) is 3.20. The monoisotopic (exact) mass is 252 g/mol. The van der Waals surface area contributed by atoms with Crippen LogP contribution in [0.15, 0.2) is 28.7 Å². The number of Topliss-reactive ketones (excluding diaryl/α,β-unsaturated/α-hetero) is 1. The smallest absolute Gasteiger partial charge is 0.140 e. The topological polar surface area (TPSA) is 17.1 Å². The van der Waals surface area contributed by atoms with Crippen LogP contribution in [-0.2, 0) is 10.2 Å². The molecule has 0 radical (unpaired) electrons. The Hall–Kier alpha value is -0.630. The van der Waals surface area contributed by atoms with Crippen molar-refractivity contribution >= 4 is 21.7 Å². The van der Waals surface area contributed by atoms with Crippen LogP contribution in [0.2, 0.25) is 0 Å². The number of rotatable bonds is 2. The van der Waals surface area contributed by atoms with E-state index in [2.05, 4.69) is 28.1 Å². The molecule has 0 unspecified atom stereocenters. The van der Waals surface area contributed by atoms with E-state index in [-0.39, 0.29) is 5.41 Å². The lowest BCUT2D eigenvalue weighted by Crippen LogP contribution is -2.40. The Balaban J connectivity index is 2.42. The van der Waals surface area contributed by atoms with E-state index >= 15 is 0 Å². The van der Waals surface area contributed by atoms with Gasteiger partial charge in [-0.2, -0.15) is 0 Å². The first-order chi connectivity index (χ1) is 6.65. The van der Waals surface area contributed by atoms with Crippen molar-refractivity contribution in [2.75, 3.05) is 0 Å². The summed E-state index contributed by atoms with van der Waals surface area (Å²) in [5.74, 6) is 0.307. The van der Waals surface area contributed by atoms with Gasteiger partial charge in [-0.05, 0) is 37.5 Å². The highest BCUT2D eigenvalue weighted by atomic mass is 79.9. The molecule has 1 aromatic carbocycles. The molecule has 1 aliphatic carbocycles. The van der Waals surface area contributed by atoms with Crippen LogP contribution in [0.3, 0.4) is 0 Å². The van der Waals surface area contributed by atoms with Crippen molar-refractivity contribution in [3.63, 3.8) is 0 Å². The zero-order valence-corrected chi connectivity index (χ0v) is 9.80. The summed E-state index contributed by atoms with van der Waals surface area (Å²) in [5, 5.41) is 0. The van der Waals surface area contributed by atoms with Crippen molar-refractivity contribution in [3.05, 3.63) is 34.3 Å². The van der Waals surface area contributed by atoms with Crippen molar-refractivity contribution < 1.29 is 4.79 Å². The quantitative estimate of drug-likeness (QED) is 0.788. The summed E-state index contributed by atoms with van der Waals surface area (Å²) in [6, 6.07) is 8.13. The van der Waals surface area contributed by atoms with Crippen molar-refractivity contribution in [3.8, 4) is 0 Å². The molecule has 14 heavy (non-hydrogen) atoms. The summed E-state index contributed by atoms with van der Waals surface area (Å²) in [4.78, 5) is 11.6. The highest BCUT2D eigenvalue weighted by Crippen LogP contribution is 2.44. The predicted octanol–water partition coefficient (Wildman–Crippen LogP) is 3.46. The molecule has 0 saturated heterocycles. The second-order valence-corrected chi connectivity index (χ2v) is 4.92. The van der Waals surface area contributed by atoms with E-state index < -0.39 is 0 Å². The molecule has 0 aliphatic heterocycles. The Morgan fingerprint density at radius 1 is 1.43 bits per heavy atom. The minimum Gasteiger partial charge on any atom is -0.299 e. The van der Waals surface area contributed by atoms with Gasteiger partial charge in [0.15, 0.2) is 0 Å². The minimum atomic E-state index is -0.163. The summed E-state index contributed by atoms with van der Waals surface area (Å²) in [6.45, 7) is 1.71. The molecule has 74 valence electrons. The highest BCUT2D eigenvalue weighted by molar-refractivity contribution is 9.10. The first-order valence-corrected chi connectivity index (χ1v) is 5.71. The third-order valence-corrected chi connectivity index (χ3v) is 3.75. The van der Waals surface area contributed by atoms with Crippen molar-refractivity contribution in [1.29, 1.82) is 0 Å². The fraction of sp³-hybridized carbons (Fsp3) is 0.417. The summed E-state index contributed by atoms with van der Waals surface area (Å²) in [5.41, 5.74) is 1.01. The molecule has 2 rings (SSSR count). The standard InChI is InChI=1S/C12H13BrO/c1-9(14)12(6-3-7-12)10-4-2-5-11(13)8-10/h2,4-5,8H,3,6-7H2,1H3. The second-order valence-electron chi connectivity index (χ2n) is 4.00. The number of hydrogen-bond donors (Lipinski definition) is 0. The summed E-state index contributed by atoms with van der Waals surface area (Å²) < 4.78 is 1.06. The Labute approximate surface area is 92.6 Å². The van der Waals surface area contributed by atoms with Gasteiger partial charge in [-0.1, -0.05) is 34.5 Å². The molecule has 0 amide bonds. The Kier molecular flexibility index (Phi) is 2.48. The SMILES string of the molecule is CC(=O)C1(c2cccc(Br)c2)CCC1. The van der Waals surface area contributed by atoms with Gasteiger partial charge in [-0.25, -0.2) is 0 Å². The molecule has 0 heterocycles. The number of hydrogen-bond acceptors (Lipinski definition) is 1. The van der Waals surface area contributed by atoms with Crippen LogP contribution in [0.25, 0.3) is 0 Å². The Morgan fingerprint density at radius 2 is 2.14 bits per heavy atom. The van der Waals surface area contributed by atoms with Gasteiger partial charge in [-0.15, -0.1) is 0 Å². The molecular weight excluding hydrogens is 240 g/mol. The molecule has 0 bridgehead atoms. The van der Waals surface area contributed by atoms with Crippen LogP contribution in [0.1, 0.15) is 31.7 Å². The fourth-order valence-corrected chi connectivity index (χ4v) is 2.56. The van der Waals surface area contributed by atoms with Gasteiger partial charge in [-0.3, -0.25) is 4.79 Å².